The summed E-state index contributed by atoms with van der Waals surface area (Å²) in [5, 5.41) is 0. The zero-order valence-corrected chi connectivity index (χ0v) is 9.85. The van der Waals surface area contributed by atoms with E-state index in [2.05, 4.69) is 4.72 Å². The number of allylic oxidation sites excluding steroid dienone is 3. The average molecular weight is 255 g/mol. The molecule has 0 saturated carbocycles. The van der Waals surface area contributed by atoms with Crippen LogP contribution in [0.5, 0.6) is 0 Å². The van der Waals surface area contributed by atoms with Crippen LogP contribution < -0.4 is 4.72 Å². The molecule has 1 unspecified atom stereocenters. The fourth-order valence-corrected chi connectivity index (χ4v) is 2.16. The van der Waals surface area contributed by atoms with Crippen molar-refractivity contribution in [1.29, 1.82) is 0 Å². The predicted molar refractivity (Wildman–Crippen MR) is 63.5 cm³/mol. The van der Waals surface area contributed by atoms with Crippen molar-refractivity contribution in [2.45, 2.75) is 18.9 Å². The van der Waals surface area contributed by atoms with E-state index in [0.717, 1.165) is 18.4 Å². The van der Waals surface area contributed by atoms with E-state index >= 15 is 0 Å². The minimum Gasteiger partial charge on any atom is -0.466 e. The topological polar surface area (TPSA) is 67.8 Å². The van der Waals surface area contributed by atoms with Crippen LogP contribution in [-0.2, 0) is 20.7 Å². The van der Waals surface area contributed by atoms with Gasteiger partial charge in [0.05, 0.1) is 0 Å². The summed E-state index contributed by atoms with van der Waals surface area (Å²) in [6.45, 7) is 0. The van der Waals surface area contributed by atoms with Gasteiger partial charge in [0, 0.05) is 0 Å². The van der Waals surface area contributed by atoms with Gasteiger partial charge >= 0.3 is 0 Å². The molecule has 92 valence electrons. The molecule has 2 atom stereocenters. The molecule has 5 nitrogen and oxygen atoms in total. The smallest absolute Gasteiger partial charge is 0.232 e. The van der Waals surface area contributed by atoms with Gasteiger partial charge in [-0.25, -0.2) is 4.21 Å². The summed E-state index contributed by atoms with van der Waals surface area (Å²) < 4.78 is 32.7. The Bertz CT molecular complexity index is 425. The summed E-state index contributed by atoms with van der Waals surface area (Å²) in [4.78, 5) is 0. The molecule has 2 rings (SSSR count). The van der Waals surface area contributed by atoms with Crippen molar-refractivity contribution >= 4 is 11.3 Å². The van der Waals surface area contributed by atoms with Gasteiger partial charge in [-0.2, -0.15) is 4.72 Å². The lowest BCUT2D eigenvalue weighted by Crippen LogP contribution is -2.35. The average Bonchev–Trinajstić information content (AvgIpc) is 2.38. The van der Waals surface area contributed by atoms with Gasteiger partial charge in [0.2, 0.25) is 11.3 Å². The highest BCUT2D eigenvalue weighted by Gasteiger charge is 2.23. The molecule has 2 N–H and O–H groups in total. The number of nitrogens with one attached hydrogen (secondary N) is 1. The minimum atomic E-state index is -2.11. The third-order valence-electron chi connectivity index (χ3n) is 2.44. The van der Waals surface area contributed by atoms with Crippen LogP contribution >= 0.6 is 0 Å². The molecular formula is C11H13NO4S. The van der Waals surface area contributed by atoms with E-state index in [1.54, 1.807) is 0 Å². The van der Waals surface area contributed by atoms with Gasteiger partial charge in [0.25, 0.3) is 0 Å². The quantitative estimate of drug-likeness (QED) is 0.750. The van der Waals surface area contributed by atoms with Crippen molar-refractivity contribution < 1.29 is 18.2 Å². The molecule has 0 fully saturated rings. The van der Waals surface area contributed by atoms with Crippen LogP contribution in [0.25, 0.3) is 0 Å². The first-order valence-electron chi connectivity index (χ1n) is 5.17. The van der Waals surface area contributed by atoms with E-state index < -0.39 is 17.3 Å². The molecule has 0 radical (unpaired) electrons. The maximum atomic E-state index is 10.9. The van der Waals surface area contributed by atoms with Crippen LogP contribution in [0.15, 0.2) is 48.3 Å². The standard InChI is InChI=1S/C11H13NO4S/c13-17(14)12-11(9-4-2-1-3-5-9)10-8-15-6-7-16-10/h1-2,4,6-8,11-12H,3,5H2,(H,13,14)/t11-/m0/s1. The summed E-state index contributed by atoms with van der Waals surface area (Å²) in [7, 11) is 0. The van der Waals surface area contributed by atoms with Crippen LogP contribution in [0, 0.1) is 0 Å². The summed E-state index contributed by atoms with van der Waals surface area (Å²) >= 11 is -2.11. The van der Waals surface area contributed by atoms with Crippen LogP contribution in [0.3, 0.4) is 0 Å². The van der Waals surface area contributed by atoms with Gasteiger partial charge < -0.3 is 9.47 Å². The highest BCUT2D eigenvalue weighted by molar-refractivity contribution is 7.77. The Hall–Kier alpha value is -1.37. The highest BCUT2D eigenvalue weighted by Crippen LogP contribution is 2.23. The lowest BCUT2D eigenvalue weighted by atomic mass is 9.97. The summed E-state index contributed by atoms with van der Waals surface area (Å²) in [5.41, 5.74) is 0.986. The van der Waals surface area contributed by atoms with E-state index in [1.807, 2.05) is 18.2 Å². The van der Waals surface area contributed by atoms with E-state index in [4.69, 9.17) is 14.0 Å². The zero-order chi connectivity index (χ0) is 12.1. The molecule has 1 heterocycles. The minimum absolute atomic E-state index is 0.448. The van der Waals surface area contributed by atoms with E-state index in [9.17, 15) is 4.21 Å². The Labute approximate surface area is 102 Å². The van der Waals surface area contributed by atoms with Gasteiger partial charge in [-0.1, -0.05) is 18.2 Å². The van der Waals surface area contributed by atoms with Gasteiger partial charge in [-0.05, 0) is 18.4 Å². The fourth-order valence-electron chi connectivity index (χ4n) is 1.69. The van der Waals surface area contributed by atoms with Crippen LogP contribution in [0.2, 0.25) is 0 Å². The largest absolute Gasteiger partial charge is 0.466 e. The zero-order valence-electron chi connectivity index (χ0n) is 9.04. The first kappa shape index (κ1) is 12.1. The molecule has 6 heteroatoms. The van der Waals surface area contributed by atoms with Crippen molar-refractivity contribution in [2.75, 3.05) is 0 Å². The maximum absolute atomic E-state index is 10.9. The second-order valence-corrected chi connectivity index (χ2v) is 4.29. The molecule has 0 aromatic carbocycles. The lowest BCUT2D eigenvalue weighted by molar-refractivity contribution is 0.238. The Balaban J connectivity index is 2.18. The van der Waals surface area contributed by atoms with Gasteiger partial charge in [-0.15, -0.1) is 0 Å². The molecule has 17 heavy (non-hydrogen) atoms. The van der Waals surface area contributed by atoms with Gasteiger partial charge in [0.15, 0.2) is 5.76 Å². The number of hydrogen-bond acceptors (Lipinski definition) is 3. The number of rotatable bonds is 4. The monoisotopic (exact) mass is 255 g/mol. The molecule has 0 amide bonds. The molecule has 0 saturated heterocycles. The third kappa shape index (κ3) is 3.29. The van der Waals surface area contributed by atoms with E-state index in [0.29, 0.717) is 5.76 Å². The van der Waals surface area contributed by atoms with E-state index in [-0.39, 0.29) is 0 Å². The van der Waals surface area contributed by atoms with Crippen molar-refractivity contribution in [1.82, 2.24) is 4.72 Å². The SMILES string of the molecule is O=S(O)N[C@@H](C1=CC=CCC1)C1=COC=CO1. The summed E-state index contributed by atoms with van der Waals surface area (Å²) in [5.74, 6) is 0.469. The first-order chi connectivity index (χ1) is 8.27. The molecule has 0 bridgehead atoms. The van der Waals surface area contributed by atoms with E-state index in [1.165, 1.54) is 18.8 Å². The lowest BCUT2D eigenvalue weighted by Gasteiger charge is -2.23. The molecule has 1 aliphatic heterocycles. The summed E-state index contributed by atoms with van der Waals surface area (Å²) in [6, 6.07) is -0.448. The number of ether oxygens (including phenoxy) is 2. The van der Waals surface area contributed by atoms with Gasteiger partial charge in [0.1, 0.15) is 24.8 Å². The molecular weight excluding hydrogens is 242 g/mol. The first-order valence-corrected chi connectivity index (χ1v) is 6.28. The Morgan fingerprint density at radius 3 is 2.94 bits per heavy atom. The molecule has 0 aromatic rings. The van der Waals surface area contributed by atoms with Crippen molar-refractivity contribution in [2.24, 2.45) is 0 Å². The highest BCUT2D eigenvalue weighted by atomic mass is 32.2. The van der Waals surface area contributed by atoms with Crippen molar-refractivity contribution in [3.63, 3.8) is 0 Å². The molecule has 0 spiro atoms. The third-order valence-corrected chi connectivity index (χ3v) is 2.88. The van der Waals surface area contributed by atoms with Crippen LogP contribution in [0.4, 0.5) is 0 Å². The molecule has 0 aromatic heterocycles. The van der Waals surface area contributed by atoms with Crippen molar-refractivity contribution in [3.05, 3.63) is 48.3 Å². The molecule has 1 aliphatic carbocycles. The fraction of sp³-hybridized carbons (Fsp3) is 0.273. The maximum Gasteiger partial charge on any atom is 0.232 e. The summed E-state index contributed by atoms with van der Waals surface area (Å²) in [6.07, 6.45) is 11.8. The Kier molecular flexibility index (Phi) is 4.13. The second-order valence-electron chi connectivity index (χ2n) is 3.55. The van der Waals surface area contributed by atoms with Crippen molar-refractivity contribution in [3.8, 4) is 0 Å². The van der Waals surface area contributed by atoms with Crippen LogP contribution in [0.1, 0.15) is 12.8 Å². The number of hydrogen-bond donors (Lipinski definition) is 2. The Morgan fingerprint density at radius 1 is 1.47 bits per heavy atom. The Morgan fingerprint density at radius 2 is 2.35 bits per heavy atom. The molecule has 2 aliphatic rings. The van der Waals surface area contributed by atoms with Crippen LogP contribution in [-0.4, -0.2) is 14.8 Å². The second kappa shape index (κ2) is 5.81. The normalized spacial score (nSPS) is 21.9. The predicted octanol–water partition coefficient (Wildman–Crippen LogP) is 1.72. The van der Waals surface area contributed by atoms with Gasteiger partial charge in [-0.3, -0.25) is 4.55 Å².